The van der Waals surface area contributed by atoms with Gasteiger partial charge in [0.25, 0.3) is 0 Å². The minimum atomic E-state index is 0.0855. The van der Waals surface area contributed by atoms with Gasteiger partial charge in [0, 0.05) is 41.7 Å². The highest BCUT2D eigenvalue weighted by atomic mass is 35.5. The summed E-state index contributed by atoms with van der Waals surface area (Å²) in [4.78, 5) is 24.9. The molecule has 1 unspecified atom stereocenters. The van der Waals surface area contributed by atoms with Crippen LogP contribution in [0.3, 0.4) is 0 Å². The average molecular weight is 512 g/mol. The third kappa shape index (κ3) is 5.04. The number of carbonyl (C=O) groups is 1. The average Bonchev–Trinajstić information content (AvgIpc) is 3.74. The van der Waals surface area contributed by atoms with Gasteiger partial charge in [-0.3, -0.25) is 9.78 Å². The number of hydrogen-bond acceptors (Lipinski definition) is 6. The smallest absolute Gasteiger partial charge is 0.169 e. The first-order chi connectivity index (χ1) is 17.9. The minimum Gasteiger partial charge on any atom is -0.355 e. The molecule has 6 nitrogen and oxygen atoms in total. The number of hydrogen-bond donors (Lipinski definition) is 2. The molecule has 7 heteroatoms. The van der Waals surface area contributed by atoms with Crippen molar-refractivity contribution in [2.24, 2.45) is 11.7 Å². The molecular formula is C30H30ClN5O. The van der Waals surface area contributed by atoms with E-state index < -0.39 is 0 Å². The molecule has 2 aromatic heterocycles. The Kier molecular flexibility index (Phi) is 6.31. The van der Waals surface area contributed by atoms with Crippen molar-refractivity contribution in [3.63, 3.8) is 0 Å². The first-order valence-corrected chi connectivity index (χ1v) is 13.3. The second kappa shape index (κ2) is 9.77. The summed E-state index contributed by atoms with van der Waals surface area (Å²) in [7, 11) is 0. The van der Waals surface area contributed by atoms with Crippen molar-refractivity contribution in [3.8, 4) is 11.1 Å². The summed E-state index contributed by atoms with van der Waals surface area (Å²) >= 11 is 6.36. The van der Waals surface area contributed by atoms with Crippen LogP contribution >= 0.6 is 11.6 Å². The van der Waals surface area contributed by atoms with E-state index in [-0.39, 0.29) is 17.7 Å². The number of aromatic nitrogens is 2. The molecule has 37 heavy (non-hydrogen) atoms. The Labute approximate surface area is 221 Å². The summed E-state index contributed by atoms with van der Waals surface area (Å²) in [6.07, 6.45) is 7.55. The fourth-order valence-electron chi connectivity index (χ4n) is 5.17. The number of fused-ring (bicyclic) bond motifs is 1. The van der Waals surface area contributed by atoms with Gasteiger partial charge < -0.3 is 16.0 Å². The Balaban J connectivity index is 1.40. The molecule has 6 rings (SSSR count). The minimum absolute atomic E-state index is 0.0855. The maximum absolute atomic E-state index is 13.3. The topological polar surface area (TPSA) is 84.1 Å². The number of nitrogens with two attached hydrogens (primary N) is 1. The second-order valence-electron chi connectivity index (χ2n) is 10.3. The first-order valence-electron chi connectivity index (χ1n) is 12.9. The summed E-state index contributed by atoms with van der Waals surface area (Å²) < 4.78 is 0. The highest BCUT2D eigenvalue weighted by molar-refractivity contribution is 6.31. The molecule has 2 aliphatic rings. The lowest BCUT2D eigenvalue weighted by Crippen LogP contribution is -2.43. The number of rotatable bonds is 6. The van der Waals surface area contributed by atoms with Crippen LogP contribution < -0.4 is 16.0 Å². The largest absolute Gasteiger partial charge is 0.355 e. The van der Waals surface area contributed by atoms with Crippen LogP contribution in [0.1, 0.15) is 41.6 Å². The highest BCUT2D eigenvalue weighted by Crippen LogP contribution is 2.39. The summed E-state index contributed by atoms with van der Waals surface area (Å²) in [5.41, 5.74) is 12.4. The van der Waals surface area contributed by atoms with E-state index in [1.54, 1.807) is 6.20 Å². The van der Waals surface area contributed by atoms with Crippen LogP contribution in [-0.2, 0) is 0 Å². The molecular weight excluding hydrogens is 482 g/mol. The van der Waals surface area contributed by atoms with Crippen molar-refractivity contribution in [3.05, 3.63) is 77.1 Å². The van der Waals surface area contributed by atoms with Crippen molar-refractivity contribution >= 4 is 45.5 Å². The van der Waals surface area contributed by atoms with E-state index in [0.29, 0.717) is 10.6 Å². The molecule has 1 saturated heterocycles. The summed E-state index contributed by atoms with van der Waals surface area (Å²) in [6.45, 7) is 3.82. The van der Waals surface area contributed by atoms with Gasteiger partial charge in [-0.05, 0) is 85.7 Å². The predicted octanol–water partition coefficient (Wildman–Crippen LogP) is 6.52. The molecule has 2 fully saturated rings. The molecule has 0 spiro atoms. The van der Waals surface area contributed by atoms with E-state index in [0.717, 1.165) is 83.6 Å². The van der Waals surface area contributed by atoms with Crippen LogP contribution in [0.2, 0.25) is 5.02 Å². The van der Waals surface area contributed by atoms with Crippen molar-refractivity contribution in [2.75, 3.05) is 23.3 Å². The van der Waals surface area contributed by atoms with Gasteiger partial charge in [0.15, 0.2) is 5.78 Å². The van der Waals surface area contributed by atoms with Gasteiger partial charge in [-0.1, -0.05) is 23.7 Å². The number of nitrogens with one attached hydrogen (secondary N) is 1. The van der Waals surface area contributed by atoms with Crippen LogP contribution in [0.4, 0.5) is 17.2 Å². The Bertz CT molecular complexity index is 1460. The Morgan fingerprint density at radius 1 is 1.03 bits per heavy atom. The van der Waals surface area contributed by atoms with E-state index in [4.69, 9.17) is 22.3 Å². The third-order valence-corrected chi connectivity index (χ3v) is 7.47. The number of anilines is 3. The third-order valence-electron chi connectivity index (χ3n) is 7.26. The van der Waals surface area contributed by atoms with Gasteiger partial charge in [-0.2, -0.15) is 0 Å². The van der Waals surface area contributed by atoms with Crippen LogP contribution in [0, 0.1) is 12.8 Å². The van der Waals surface area contributed by atoms with Gasteiger partial charge in [-0.15, -0.1) is 0 Å². The van der Waals surface area contributed by atoms with Gasteiger partial charge in [0.2, 0.25) is 0 Å². The summed E-state index contributed by atoms with van der Waals surface area (Å²) in [5.74, 6) is 1.16. The fraction of sp³-hybridized carbons (Fsp3) is 0.300. The zero-order valence-corrected chi connectivity index (χ0v) is 21.6. The molecule has 2 aromatic carbocycles. The Hall–Kier alpha value is -3.48. The molecule has 1 atom stereocenters. The number of piperidine rings is 1. The quantitative estimate of drug-likeness (QED) is 0.286. The van der Waals surface area contributed by atoms with Crippen LogP contribution in [0.25, 0.3) is 22.0 Å². The Morgan fingerprint density at radius 2 is 1.89 bits per heavy atom. The molecule has 0 radical (unpaired) electrons. The molecule has 0 amide bonds. The molecule has 3 N–H and O–H groups in total. The lowest BCUT2D eigenvalue weighted by atomic mass is 9.98. The number of nitrogens with zero attached hydrogens (tertiary/aromatic N) is 3. The number of carbonyl (C=O) groups excluding carboxylic acids is 1. The van der Waals surface area contributed by atoms with Gasteiger partial charge in [0.1, 0.15) is 5.82 Å². The van der Waals surface area contributed by atoms with E-state index in [1.165, 1.54) is 0 Å². The number of aryl methyl sites for hydroxylation is 1. The van der Waals surface area contributed by atoms with Crippen LogP contribution in [-0.4, -0.2) is 34.9 Å². The van der Waals surface area contributed by atoms with E-state index >= 15 is 0 Å². The Morgan fingerprint density at radius 3 is 2.62 bits per heavy atom. The number of benzene rings is 2. The van der Waals surface area contributed by atoms with Gasteiger partial charge >= 0.3 is 0 Å². The van der Waals surface area contributed by atoms with Gasteiger partial charge in [0.05, 0.1) is 28.7 Å². The number of Topliss-reactive ketones (excluding diaryl/α,β-unsaturated/α-hetero) is 1. The molecule has 4 aromatic rings. The molecule has 188 valence electrons. The zero-order valence-electron chi connectivity index (χ0n) is 20.9. The maximum Gasteiger partial charge on any atom is 0.169 e. The van der Waals surface area contributed by atoms with E-state index in [2.05, 4.69) is 27.3 Å². The van der Waals surface area contributed by atoms with Crippen LogP contribution in [0.5, 0.6) is 0 Å². The van der Waals surface area contributed by atoms with Gasteiger partial charge in [-0.25, -0.2) is 4.98 Å². The molecule has 0 bridgehead atoms. The molecule has 1 aliphatic heterocycles. The second-order valence-corrected chi connectivity index (χ2v) is 10.7. The number of ketones is 1. The standard InChI is InChI=1S/C30H30ClN5O/c1-18-11-21(13-22(31)12-18)20-6-8-27-25(14-20)29(26(16-33-27)30(37)19-4-5-19)35-24-7-9-28(34-15-24)36-10-2-3-23(32)17-36/h6-9,11-16,19,23H,2-5,10,17,32H2,1H3,(H,33,35). The number of halogens is 1. The van der Waals surface area contributed by atoms with Crippen molar-refractivity contribution < 1.29 is 4.79 Å². The SMILES string of the molecule is Cc1cc(Cl)cc(-c2ccc3ncc(C(=O)C4CC4)c(Nc4ccc(N5CCCC(N)C5)nc4)c3c2)c1. The molecule has 3 heterocycles. The van der Waals surface area contributed by atoms with Crippen molar-refractivity contribution in [2.45, 2.75) is 38.6 Å². The zero-order chi connectivity index (χ0) is 25.5. The molecule has 1 aliphatic carbocycles. The summed E-state index contributed by atoms with van der Waals surface area (Å²) in [5, 5.41) is 5.12. The lowest BCUT2D eigenvalue weighted by molar-refractivity contribution is 0.0968. The fourth-order valence-corrected chi connectivity index (χ4v) is 5.46. The number of pyridine rings is 2. The molecule has 1 saturated carbocycles. The lowest BCUT2D eigenvalue weighted by Gasteiger charge is -2.31. The summed E-state index contributed by atoms with van der Waals surface area (Å²) in [6, 6.07) is 16.4. The van der Waals surface area contributed by atoms with E-state index in [1.807, 2.05) is 49.5 Å². The van der Waals surface area contributed by atoms with E-state index in [9.17, 15) is 4.79 Å². The van der Waals surface area contributed by atoms with Crippen molar-refractivity contribution in [1.29, 1.82) is 0 Å². The van der Waals surface area contributed by atoms with Crippen molar-refractivity contribution in [1.82, 2.24) is 9.97 Å². The predicted molar refractivity (Wildman–Crippen MR) is 151 cm³/mol. The normalized spacial score (nSPS) is 17.7. The highest BCUT2D eigenvalue weighted by Gasteiger charge is 2.32. The first kappa shape index (κ1) is 23.9. The van der Waals surface area contributed by atoms with Crippen LogP contribution in [0.15, 0.2) is 60.9 Å². The maximum atomic E-state index is 13.3. The monoisotopic (exact) mass is 511 g/mol.